The van der Waals surface area contributed by atoms with Crippen molar-refractivity contribution < 1.29 is 19.2 Å². The van der Waals surface area contributed by atoms with Gasteiger partial charge < -0.3 is 10.6 Å². The molecule has 0 aromatic heterocycles. The number of thioether (sulfide) groups is 1. The first-order chi connectivity index (χ1) is 12.0. The summed E-state index contributed by atoms with van der Waals surface area (Å²) < 4.78 is 0. The number of imide groups is 1. The van der Waals surface area contributed by atoms with E-state index in [1.165, 1.54) is 0 Å². The summed E-state index contributed by atoms with van der Waals surface area (Å²) >= 11 is 0.927. The number of benzene rings is 2. The molecule has 0 unspecified atom stereocenters. The third-order valence-electron chi connectivity index (χ3n) is 3.68. The second kappa shape index (κ2) is 7.35. The van der Waals surface area contributed by atoms with Crippen LogP contribution in [0.1, 0.15) is 0 Å². The summed E-state index contributed by atoms with van der Waals surface area (Å²) in [4.78, 5) is 47.7. The summed E-state index contributed by atoms with van der Waals surface area (Å²) in [6.45, 7) is 0.0850. The van der Waals surface area contributed by atoms with Crippen LogP contribution in [-0.4, -0.2) is 46.7 Å². The second-order valence-electron chi connectivity index (χ2n) is 5.37. The molecule has 2 aromatic rings. The summed E-state index contributed by atoms with van der Waals surface area (Å²) in [5, 5.41) is 6.57. The summed E-state index contributed by atoms with van der Waals surface area (Å²) in [5.74, 6) is -1.79. The third kappa shape index (κ3) is 3.97. The second-order valence-corrected chi connectivity index (χ2v) is 6.30. The fourth-order valence-electron chi connectivity index (χ4n) is 2.41. The van der Waals surface area contributed by atoms with Gasteiger partial charge in [0.25, 0.3) is 5.24 Å². The van der Waals surface area contributed by atoms with Gasteiger partial charge in [-0.15, -0.1) is 0 Å². The number of anilines is 1. The normalized spacial score (nSPS) is 14.0. The Morgan fingerprint density at radius 3 is 2.52 bits per heavy atom. The lowest BCUT2D eigenvalue weighted by Crippen LogP contribution is -2.41. The molecule has 25 heavy (non-hydrogen) atoms. The molecule has 1 fully saturated rings. The first kappa shape index (κ1) is 17.0. The van der Waals surface area contributed by atoms with Gasteiger partial charge in [0.1, 0.15) is 0 Å². The highest BCUT2D eigenvalue weighted by molar-refractivity contribution is 8.14. The Balaban J connectivity index is 1.52. The quantitative estimate of drug-likeness (QED) is 0.810. The van der Waals surface area contributed by atoms with E-state index in [0.29, 0.717) is 5.69 Å². The highest BCUT2D eigenvalue weighted by Crippen LogP contribution is 2.19. The molecule has 128 valence electrons. The maximum atomic E-state index is 11.9. The molecule has 2 aromatic carbocycles. The molecule has 1 aliphatic rings. The van der Waals surface area contributed by atoms with E-state index in [1.54, 1.807) is 12.1 Å². The number of nitrogens with zero attached hydrogens (tertiary/aromatic N) is 1. The minimum absolute atomic E-state index is 0.0298. The molecule has 1 saturated heterocycles. The van der Waals surface area contributed by atoms with E-state index in [1.807, 2.05) is 30.3 Å². The molecule has 0 saturated carbocycles. The highest BCUT2D eigenvalue weighted by atomic mass is 32.2. The molecular weight excluding hydrogens is 342 g/mol. The van der Waals surface area contributed by atoms with E-state index in [4.69, 9.17) is 0 Å². The zero-order valence-corrected chi connectivity index (χ0v) is 14.0. The van der Waals surface area contributed by atoms with Crippen molar-refractivity contribution in [1.82, 2.24) is 10.2 Å². The van der Waals surface area contributed by atoms with E-state index in [-0.39, 0.29) is 30.0 Å². The molecule has 0 aliphatic carbocycles. The lowest BCUT2D eigenvalue weighted by molar-refractivity contribution is -0.136. The van der Waals surface area contributed by atoms with E-state index < -0.39 is 11.8 Å². The van der Waals surface area contributed by atoms with Crippen molar-refractivity contribution in [1.29, 1.82) is 0 Å². The molecule has 1 heterocycles. The van der Waals surface area contributed by atoms with E-state index in [9.17, 15) is 19.2 Å². The average Bonchev–Trinajstić information content (AvgIpc) is 2.93. The van der Waals surface area contributed by atoms with Crippen LogP contribution in [0.4, 0.5) is 10.5 Å². The van der Waals surface area contributed by atoms with Crippen molar-refractivity contribution in [2.75, 3.05) is 24.2 Å². The predicted molar refractivity (Wildman–Crippen MR) is 95.2 cm³/mol. The minimum Gasteiger partial charge on any atom is -0.346 e. The standard InChI is InChI=1S/C17H15N3O4S/c21-14-10-25-17(24)20(14)8-7-18-15(22)16(23)19-13-6-5-11-3-1-2-4-12(11)9-13/h1-6,9H,7-8,10H2,(H,18,22)(H,19,23). The molecule has 0 atom stereocenters. The zero-order chi connectivity index (χ0) is 17.8. The SMILES string of the molecule is O=C(NCCN1C(=O)CSC1=O)C(=O)Nc1ccc2ccccc2c1. The van der Waals surface area contributed by atoms with Gasteiger partial charge >= 0.3 is 11.8 Å². The summed E-state index contributed by atoms with van der Waals surface area (Å²) in [6, 6.07) is 13.0. The number of amides is 4. The summed E-state index contributed by atoms with van der Waals surface area (Å²) in [7, 11) is 0. The predicted octanol–water partition coefficient (Wildman–Crippen LogP) is 1.59. The van der Waals surface area contributed by atoms with Gasteiger partial charge in [0.05, 0.1) is 5.75 Å². The van der Waals surface area contributed by atoms with E-state index in [2.05, 4.69) is 10.6 Å². The van der Waals surface area contributed by atoms with Crippen molar-refractivity contribution >= 4 is 51.2 Å². The zero-order valence-electron chi connectivity index (χ0n) is 13.2. The third-order valence-corrected chi connectivity index (χ3v) is 4.53. The Kier molecular flexibility index (Phi) is 4.99. The molecule has 8 heteroatoms. The topological polar surface area (TPSA) is 95.6 Å². The van der Waals surface area contributed by atoms with Crippen molar-refractivity contribution in [2.24, 2.45) is 0 Å². The fraction of sp³-hybridized carbons (Fsp3) is 0.176. The number of carbonyl (C=O) groups is 4. The molecule has 2 N–H and O–H groups in total. The lowest BCUT2D eigenvalue weighted by Gasteiger charge is -2.13. The number of fused-ring (bicyclic) bond motifs is 1. The molecule has 0 bridgehead atoms. The molecular formula is C17H15N3O4S. The van der Waals surface area contributed by atoms with E-state index in [0.717, 1.165) is 27.4 Å². The summed E-state index contributed by atoms with van der Waals surface area (Å²) in [6.07, 6.45) is 0. The van der Waals surface area contributed by atoms with Crippen LogP contribution in [0.2, 0.25) is 0 Å². The van der Waals surface area contributed by atoms with Gasteiger partial charge in [0.2, 0.25) is 5.91 Å². The Bertz CT molecular complexity index is 852. The number of carbonyl (C=O) groups excluding carboxylic acids is 4. The number of hydrogen-bond donors (Lipinski definition) is 2. The Morgan fingerprint density at radius 1 is 1.04 bits per heavy atom. The van der Waals surface area contributed by atoms with Gasteiger partial charge in [-0.3, -0.25) is 24.1 Å². The Hall–Kier alpha value is -2.87. The van der Waals surface area contributed by atoms with Gasteiger partial charge in [0.15, 0.2) is 0 Å². The number of hydrogen-bond acceptors (Lipinski definition) is 5. The van der Waals surface area contributed by atoms with Gasteiger partial charge in [-0.05, 0) is 22.9 Å². The lowest BCUT2D eigenvalue weighted by atomic mass is 10.1. The van der Waals surface area contributed by atoms with Crippen LogP contribution in [0.5, 0.6) is 0 Å². The Morgan fingerprint density at radius 2 is 1.80 bits per heavy atom. The van der Waals surface area contributed by atoms with Crippen LogP contribution in [-0.2, 0) is 14.4 Å². The van der Waals surface area contributed by atoms with Crippen molar-refractivity contribution in [3.05, 3.63) is 42.5 Å². The molecule has 4 amide bonds. The molecule has 1 aliphatic heterocycles. The molecule has 0 radical (unpaired) electrons. The Labute approximate surface area is 147 Å². The first-order valence-electron chi connectivity index (χ1n) is 7.60. The molecule has 7 nitrogen and oxygen atoms in total. The van der Waals surface area contributed by atoms with Crippen LogP contribution in [0.15, 0.2) is 42.5 Å². The smallest absolute Gasteiger partial charge is 0.313 e. The van der Waals surface area contributed by atoms with Gasteiger partial charge in [-0.1, -0.05) is 42.1 Å². The highest BCUT2D eigenvalue weighted by Gasteiger charge is 2.29. The van der Waals surface area contributed by atoms with Gasteiger partial charge in [-0.25, -0.2) is 0 Å². The number of rotatable bonds is 4. The van der Waals surface area contributed by atoms with Crippen LogP contribution >= 0.6 is 11.8 Å². The van der Waals surface area contributed by atoms with Crippen LogP contribution in [0, 0.1) is 0 Å². The number of nitrogens with one attached hydrogen (secondary N) is 2. The molecule has 0 spiro atoms. The van der Waals surface area contributed by atoms with Gasteiger partial charge in [0, 0.05) is 18.8 Å². The van der Waals surface area contributed by atoms with Crippen LogP contribution in [0.25, 0.3) is 10.8 Å². The first-order valence-corrected chi connectivity index (χ1v) is 8.58. The van der Waals surface area contributed by atoms with Crippen molar-refractivity contribution in [3.63, 3.8) is 0 Å². The largest absolute Gasteiger partial charge is 0.346 e. The fourth-order valence-corrected chi connectivity index (χ4v) is 3.17. The maximum absolute atomic E-state index is 11.9. The van der Waals surface area contributed by atoms with Crippen LogP contribution < -0.4 is 10.6 Å². The van der Waals surface area contributed by atoms with Gasteiger partial charge in [-0.2, -0.15) is 0 Å². The van der Waals surface area contributed by atoms with Crippen LogP contribution in [0.3, 0.4) is 0 Å². The molecule has 3 rings (SSSR count). The van der Waals surface area contributed by atoms with Crippen molar-refractivity contribution in [2.45, 2.75) is 0 Å². The minimum atomic E-state index is -0.820. The summed E-state index contributed by atoms with van der Waals surface area (Å²) in [5.41, 5.74) is 0.514. The van der Waals surface area contributed by atoms with E-state index >= 15 is 0 Å². The average molecular weight is 357 g/mol. The van der Waals surface area contributed by atoms with Crippen molar-refractivity contribution in [3.8, 4) is 0 Å². The monoisotopic (exact) mass is 357 g/mol. The maximum Gasteiger partial charge on any atom is 0.313 e.